The molecule has 60 heavy (non-hydrogen) atoms. The van der Waals surface area contributed by atoms with E-state index in [1.807, 2.05) is 0 Å². The molecule has 0 bridgehead atoms. The van der Waals surface area contributed by atoms with E-state index in [-0.39, 0.29) is 19.4 Å². The number of ether oxygens (including phenoxy) is 4. The standard InChI is InChI=1S/C47H88O12S/c1-3-5-7-9-11-13-15-16-17-18-19-20-21-22-23-24-26-28-30-32-34-36-43(49)58-40(37-56-42(48)35-33-31-29-27-25-14-12-10-8-6-4-2)38-57-47-46(52)45(51)44(50)41(59-47)39-60(53,54)55/h10,12,40-41,44-47,50-52H,3-9,11,13-39H2,1-2H3,(H,53,54,55)/b12-10+/t40-,41-,44-,45?,46?,47+/m1/s1. The molecule has 0 aromatic rings. The van der Waals surface area contributed by atoms with Gasteiger partial charge in [0.25, 0.3) is 10.1 Å². The second-order valence-electron chi connectivity index (χ2n) is 17.1. The Bertz CT molecular complexity index is 1170. The number of allylic oxidation sites excluding steroid dienone is 2. The van der Waals surface area contributed by atoms with E-state index in [1.54, 1.807) is 0 Å². The summed E-state index contributed by atoms with van der Waals surface area (Å²) >= 11 is 0. The van der Waals surface area contributed by atoms with E-state index < -0.39 is 71.2 Å². The van der Waals surface area contributed by atoms with Crippen LogP contribution in [0.25, 0.3) is 0 Å². The van der Waals surface area contributed by atoms with E-state index in [4.69, 9.17) is 18.9 Å². The summed E-state index contributed by atoms with van der Waals surface area (Å²) in [5.41, 5.74) is 0. The van der Waals surface area contributed by atoms with E-state index in [0.717, 1.165) is 57.8 Å². The minimum absolute atomic E-state index is 0.169. The SMILES string of the molecule is CCCC/C=C/CCCCCCCC(=O)OC[C@H](CO[C@H]1O[C@H](CS(=O)(=O)O)[C@@H](O)C(O)C1O)OC(=O)CCCCCCCCCCCCCCCCCCCCCCC. The summed E-state index contributed by atoms with van der Waals surface area (Å²) in [4.78, 5) is 25.4. The van der Waals surface area contributed by atoms with E-state index in [0.29, 0.717) is 12.8 Å². The topological polar surface area (TPSA) is 186 Å². The number of esters is 2. The Kier molecular flexibility index (Phi) is 35.6. The first-order valence-electron chi connectivity index (χ1n) is 24.2. The van der Waals surface area contributed by atoms with Gasteiger partial charge in [0.2, 0.25) is 0 Å². The third-order valence-electron chi connectivity index (χ3n) is 11.3. The highest BCUT2D eigenvalue weighted by Crippen LogP contribution is 2.24. The first-order valence-corrected chi connectivity index (χ1v) is 25.9. The van der Waals surface area contributed by atoms with Crippen LogP contribution in [0.3, 0.4) is 0 Å². The smallest absolute Gasteiger partial charge is 0.306 e. The van der Waals surface area contributed by atoms with Crippen molar-refractivity contribution >= 4 is 22.1 Å². The molecule has 0 aromatic carbocycles. The molecule has 1 fully saturated rings. The summed E-state index contributed by atoms with van der Waals surface area (Å²) in [6.07, 6.45) is 31.2. The number of carbonyl (C=O) groups is 2. The summed E-state index contributed by atoms with van der Waals surface area (Å²) in [5, 5.41) is 30.9. The fourth-order valence-electron chi connectivity index (χ4n) is 7.54. The maximum absolute atomic E-state index is 12.8. The van der Waals surface area contributed by atoms with E-state index >= 15 is 0 Å². The van der Waals surface area contributed by atoms with Crippen LogP contribution in [0.1, 0.15) is 219 Å². The van der Waals surface area contributed by atoms with Crippen LogP contribution in [-0.2, 0) is 38.7 Å². The van der Waals surface area contributed by atoms with Crippen molar-refractivity contribution in [3.05, 3.63) is 12.2 Å². The van der Waals surface area contributed by atoms with Crippen LogP contribution in [-0.4, -0.2) is 96.0 Å². The fourth-order valence-corrected chi connectivity index (χ4v) is 8.23. The summed E-state index contributed by atoms with van der Waals surface area (Å²) < 4.78 is 54.1. The van der Waals surface area contributed by atoms with Crippen molar-refractivity contribution in [1.82, 2.24) is 0 Å². The van der Waals surface area contributed by atoms with Gasteiger partial charge in [-0.05, 0) is 32.1 Å². The Labute approximate surface area is 365 Å². The molecule has 0 saturated carbocycles. The normalized spacial score (nSPS) is 20.1. The number of hydrogen-bond donors (Lipinski definition) is 4. The summed E-state index contributed by atoms with van der Waals surface area (Å²) in [6.45, 7) is 3.74. The van der Waals surface area contributed by atoms with Gasteiger partial charge in [-0.2, -0.15) is 8.42 Å². The highest BCUT2D eigenvalue weighted by molar-refractivity contribution is 7.85. The predicted octanol–water partition coefficient (Wildman–Crippen LogP) is 10.2. The van der Waals surface area contributed by atoms with Crippen LogP contribution >= 0.6 is 0 Å². The Hall–Kier alpha value is -1.61. The maximum Gasteiger partial charge on any atom is 0.306 e. The molecule has 1 rings (SSSR count). The zero-order chi connectivity index (χ0) is 44.1. The molecule has 0 amide bonds. The van der Waals surface area contributed by atoms with Gasteiger partial charge in [-0.3, -0.25) is 14.1 Å². The van der Waals surface area contributed by atoms with Gasteiger partial charge in [0, 0.05) is 12.8 Å². The molecular weight excluding hydrogens is 789 g/mol. The second kappa shape index (κ2) is 37.9. The van der Waals surface area contributed by atoms with Gasteiger partial charge in [0.05, 0.1) is 6.61 Å². The average Bonchev–Trinajstić information content (AvgIpc) is 3.21. The lowest BCUT2D eigenvalue weighted by atomic mass is 10.00. The van der Waals surface area contributed by atoms with Crippen molar-refractivity contribution < 1.29 is 56.8 Å². The lowest BCUT2D eigenvalue weighted by molar-refractivity contribution is -0.297. The van der Waals surface area contributed by atoms with Crippen LogP contribution in [0.5, 0.6) is 0 Å². The van der Waals surface area contributed by atoms with Crippen LogP contribution in [0.15, 0.2) is 12.2 Å². The molecule has 13 heteroatoms. The van der Waals surface area contributed by atoms with Crippen molar-refractivity contribution in [3.63, 3.8) is 0 Å². The Morgan fingerprint density at radius 3 is 1.43 bits per heavy atom. The van der Waals surface area contributed by atoms with Gasteiger partial charge in [-0.25, -0.2) is 0 Å². The molecule has 0 aromatic heterocycles. The van der Waals surface area contributed by atoms with Gasteiger partial charge >= 0.3 is 11.9 Å². The molecule has 0 spiro atoms. The van der Waals surface area contributed by atoms with E-state index in [1.165, 1.54) is 122 Å². The minimum Gasteiger partial charge on any atom is -0.462 e. The zero-order valence-corrected chi connectivity index (χ0v) is 38.6. The lowest BCUT2D eigenvalue weighted by Crippen LogP contribution is -2.60. The van der Waals surface area contributed by atoms with Crippen LogP contribution in [0.2, 0.25) is 0 Å². The van der Waals surface area contributed by atoms with Gasteiger partial charge in [0.1, 0.15) is 36.8 Å². The van der Waals surface area contributed by atoms with Gasteiger partial charge in [0.15, 0.2) is 12.4 Å². The molecule has 6 atom stereocenters. The number of aliphatic hydroxyl groups is 3. The molecular formula is C47H88O12S. The fraction of sp³-hybridized carbons (Fsp3) is 0.915. The molecule has 1 aliphatic rings. The van der Waals surface area contributed by atoms with Crippen molar-refractivity contribution in [3.8, 4) is 0 Å². The molecule has 12 nitrogen and oxygen atoms in total. The largest absolute Gasteiger partial charge is 0.462 e. The van der Waals surface area contributed by atoms with Crippen LogP contribution < -0.4 is 0 Å². The number of unbranched alkanes of at least 4 members (excludes halogenated alkanes) is 27. The third-order valence-corrected chi connectivity index (χ3v) is 12.1. The summed E-state index contributed by atoms with van der Waals surface area (Å²) in [7, 11) is -4.60. The average molecular weight is 877 g/mol. The van der Waals surface area contributed by atoms with Gasteiger partial charge in [-0.1, -0.05) is 187 Å². The quantitative estimate of drug-likeness (QED) is 0.0197. The maximum atomic E-state index is 12.8. The van der Waals surface area contributed by atoms with E-state index in [2.05, 4.69) is 26.0 Å². The molecule has 2 unspecified atom stereocenters. The number of rotatable bonds is 41. The Balaban J connectivity index is 2.35. The third kappa shape index (κ3) is 32.1. The van der Waals surface area contributed by atoms with Crippen molar-refractivity contribution in [1.29, 1.82) is 0 Å². The Morgan fingerprint density at radius 2 is 0.967 bits per heavy atom. The highest BCUT2D eigenvalue weighted by atomic mass is 32.2. The van der Waals surface area contributed by atoms with Gasteiger partial charge in [-0.15, -0.1) is 0 Å². The predicted molar refractivity (Wildman–Crippen MR) is 238 cm³/mol. The van der Waals surface area contributed by atoms with Crippen molar-refractivity contribution in [2.45, 2.75) is 256 Å². The van der Waals surface area contributed by atoms with Gasteiger partial charge < -0.3 is 34.3 Å². The summed E-state index contributed by atoms with van der Waals surface area (Å²) in [6, 6.07) is 0. The molecule has 0 radical (unpaired) electrons. The zero-order valence-electron chi connectivity index (χ0n) is 37.8. The monoisotopic (exact) mass is 877 g/mol. The number of hydrogen-bond acceptors (Lipinski definition) is 11. The van der Waals surface area contributed by atoms with Crippen molar-refractivity contribution in [2.75, 3.05) is 19.0 Å². The van der Waals surface area contributed by atoms with Crippen LogP contribution in [0, 0.1) is 0 Å². The first-order chi connectivity index (χ1) is 29.0. The lowest BCUT2D eigenvalue weighted by Gasteiger charge is -2.40. The second-order valence-corrected chi connectivity index (χ2v) is 18.6. The molecule has 4 N–H and O–H groups in total. The first kappa shape index (κ1) is 56.4. The summed E-state index contributed by atoms with van der Waals surface area (Å²) in [5.74, 6) is -1.98. The van der Waals surface area contributed by atoms with Crippen molar-refractivity contribution in [2.24, 2.45) is 0 Å². The molecule has 1 heterocycles. The minimum atomic E-state index is -4.60. The molecule has 1 aliphatic heterocycles. The molecule has 0 aliphatic carbocycles. The molecule has 1 saturated heterocycles. The number of carbonyl (C=O) groups excluding carboxylic acids is 2. The van der Waals surface area contributed by atoms with E-state index in [9.17, 15) is 37.9 Å². The highest BCUT2D eigenvalue weighted by Gasteiger charge is 2.46. The Morgan fingerprint density at radius 1 is 0.550 bits per heavy atom. The molecule has 354 valence electrons. The van der Waals surface area contributed by atoms with Crippen LogP contribution in [0.4, 0.5) is 0 Å². The number of aliphatic hydroxyl groups excluding tert-OH is 3.